The highest BCUT2D eigenvalue weighted by molar-refractivity contribution is 5.82. The van der Waals surface area contributed by atoms with Crippen molar-refractivity contribution in [3.05, 3.63) is 48.0 Å². The van der Waals surface area contributed by atoms with Crippen LogP contribution in [0.15, 0.2) is 42.5 Å². The van der Waals surface area contributed by atoms with Crippen LogP contribution in [-0.2, 0) is 25.6 Å². The molecular formula is C18H25NO5. The molecule has 1 aromatic rings. The summed E-state index contributed by atoms with van der Waals surface area (Å²) in [4.78, 5) is 23.1. The minimum Gasteiger partial charge on any atom is -0.466 e. The quantitative estimate of drug-likeness (QED) is 0.613. The molecule has 0 radical (unpaired) electrons. The molecule has 0 aromatic heterocycles. The molecule has 24 heavy (non-hydrogen) atoms. The SMILES string of the molecule is COC(=O)/C=C/[C@@H](COCc1ccccc1)NC(=O)OC(C)(C)C. The fraction of sp³-hybridized carbons (Fsp3) is 0.444. The molecule has 0 saturated heterocycles. The van der Waals surface area contributed by atoms with Crippen LogP contribution in [-0.4, -0.2) is 37.4 Å². The fourth-order valence-corrected chi connectivity index (χ4v) is 1.75. The number of benzene rings is 1. The Hall–Kier alpha value is -2.34. The van der Waals surface area contributed by atoms with E-state index in [9.17, 15) is 9.59 Å². The monoisotopic (exact) mass is 335 g/mol. The average Bonchev–Trinajstić information content (AvgIpc) is 2.51. The van der Waals surface area contributed by atoms with E-state index in [2.05, 4.69) is 10.1 Å². The van der Waals surface area contributed by atoms with Crippen molar-refractivity contribution in [3.63, 3.8) is 0 Å². The van der Waals surface area contributed by atoms with Crippen molar-refractivity contribution in [3.8, 4) is 0 Å². The molecule has 0 heterocycles. The van der Waals surface area contributed by atoms with Crippen molar-refractivity contribution in [2.45, 2.75) is 39.0 Å². The molecule has 1 rings (SSSR count). The van der Waals surface area contributed by atoms with Gasteiger partial charge >= 0.3 is 12.1 Å². The number of nitrogens with one attached hydrogen (secondary N) is 1. The summed E-state index contributed by atoms with van der Waals surface area (Å²) in [5.41, 5.74) is 0.413. The van der Waals surface area contributed by atoms with Crippen LogP contribution in [0, 0.1) is 0 Å². The van der Waals surface area contributed by atoms with Crippen LogP contribution in [0.2, 0.25) is 0 Å². The molecule has 0 aliphatic rings. The number of hydrogen-bond donors (Lipinski definition) is 1. The maximum atomic E-state index is 11.9. The molecular weight excluding hydrogens is 310 g/mol. The van der Waals surface area contributed by atoms with E-state index in [1.807, 2.05) is 30.3 Å². The zero-order valence-corrected chi connectivity index (χ0v) is 14.6. The highest BCUT2D eigenvalue weighted by atomic mass is 16.6. The second-order valence-electron chi connectivity index (χ2n) is 6.14. The van der Waals surface area contributed by atoms with Gasteiger partial charge in [-0.1, -0.05) is 36.4 Å². The zero-order valence-electron chi connectivity index (χ0n) is 14.6. The molecule has 1 atom stereocenters. The van der Waals surface area contributed by atoms with E-state index in [0.29, 0.717) is 6.61 Å². The van der Waals surface area contributed by atoms with Crippen molar-refractivity contribution in [1.29, 1.82) is 0 Å². The van der Waals surface area contributed by atoms with Crippen molar-refractivity contribution in [1.82, 2.24) is 5.32 Å². The van der Waals surface area contributed by atoms with Gasteiger partial charge < -0.3 is 19.5 Å². The first-order valence-corrected chi connectivity index (χ1v) is 7.67. The van der Waals surface area contributed by atoms with Crippen molar-refractivity contribution in [2.75, 3.05) is 13.7 Å². The Morgan fingerprint density at radius 2 is 1.88 bits per heavy atom. The Labute approximate surface area is 142 Å². The van der Waals surface area contributed by atoms with E-state index < -0.39 is 23.7 Å². The standard InChI is InChI=1S/C18H25NO5/c1-18(2,3)24-17(21)19-15(10-11-16(20)22-4)13-23-12-14-8-6-5-7-9-14/h5-11,15H,12-13H2,1-4H3,(H,19,21)/b11-10+/t15-/m0/s1. The van der Waals surface area contributed by atoms with Crippen LogP contribution in [0.1, 0.15) is 26.3 Å². The summed E-state index contributed by atoms with van der Waals surface area (Å²) >= 11 is 0. The number of hydrogen-bond acceptors (Lipinski definition) is 5. The maximum absolute atomic E-state index is 11.9. The van der Waals surface area contributed by atoms with E-state index in [4.69, 9.17) is 9.47 Å². The second-order valence-corrected chi connectivity index (χ2v) is 6.14. The van der Waals surface area contributed by atoms with Gasteiger partial charge in [0.1, 0.15) is 5.60 Å². The number of amides is 1. The van der Waals surface area contributed by atoms with Gasteiger partial charge in [0, 0.05) is 6.08 Å². The molecule has 6 nitrogen and oxygen atoms in total. The molecule has 6 heteroatoms. The van der Waals surface area contributed by atoms with Crippen LogP contribution in [0.5, 0.6) is 0 Å². The number of alkyl carbamates (subject to hydrolysis) is 1. The van der Waals surface area contributed by atoms with Crippen molar-refractivity contribution in [2.24, 2.45) is 0 Å². The van der Waals surface area contributed by atoms with Gasteiger partial charge in [0.2, 0.25) is 0 Å². The van der Waals surface area contributed by atoms with Gasteiger partial charge in [0.25, 0.3) is 0 Å². The van der Waals surface area contributed by atoms with E-state index in [0.717, 1.165) is 5.56 Å². The number of carbonyl (C=O) groups is 2. The third-order valence-electron chi connectivity index (χ3n) is 2.78. The van der Waals surface area contributed by atoms with Crippen LogP contribution >= 0.6 is 0 Å². The first-order chi connectivity index (χ1) is 11.3. The summed E-state index contributed by atoms with van der Waals surface area (Å²) in [6.07, 6.45) is 2.18. The van der Waals surface area contributed by atoms with Gasteiger partial charge in [-0.2, -0.15) is 0 Å². The Kier molecular flexibility index (Phi) is 7.98. The summed E-state index contributed by atoms with van der Waals surface area (Å²) in [7, 11) is 1.29. The minimum absolute atomic E-state index is 0.196. The Bertz CT molecular complexity index is 548. The lowest BCUT2D eigenvalue weighted by Crippen LogP contribution is -2.40. The van der Waals surface area contributed by atoms with E-state index in [1.165, 1.54) is 19.3 Å². The number of ether oxygens (including phenoxy) is 3. The lowest BCUT2D eigenvalue weighted by molar-refractivity contribution is -0.134. The van der Waals surface area contributed by atoms with E-state index in [-0.39, 0.29) is 6.61 Å². The van der Waals surface area contributed by atoms with E-state index >= 15 is 0 Å². The molecule has 0 unspecified atom stereocenters. The predicted octanol–water partition coefficient (Wildman–Crippen LogP) is 2.83. The topological polar surface area (TPSA) is 73.9 Å². The third kappa shape index (κ3) is 8.95. The Morgan fingerprint density at radius 3 is 2.46 bits per heavy atom. The minimum atomic E-state index is -0.606. The van der Waals surface area contributed by atoms with E-state index in [1.54, 1.807) is 20.8 Å². The molecule has 0 spiro atoms. The highest BCUT2D eigenvalue weighted by Gasteiger charge is 2.18. The molecule has 0 fully saturated rings. The van der Waals surface area contributed by atoms with Crippen molar-refractivity contribution < 1.29 is 23.8 Å². The first kappa shape index (κ1) is 19.7. The lowest BCUT2D eigenvalue weighted by atomic mass is 10.2. The first-order valence-electron chi connectivity index (χ1n) is 7.67. The molecule has 1 aromatic carbocycles. The zero-order chi connectivity index (χ0) is 18.0. The van der Waals surface area contributed by atoms with Crippen molar-refractivity contribution >= 4 is 12.1 Å². The summed E-state index contributed by atoms with van der Waals surface area (Å²) < 4.78 is 15.4. The lowest BCUT2D eigenvalue weighted by Gasteiger charge is -2.22. The van der Waals surface area contributed by atoms with Gasteiger partial charge in [-0.3, -0.25) is 0 Å². The number of rotatable bonds is 7. The van der Waals surface area contributed by atoms with Crippen LogP contribution in [0.4, 0.5) is 4.79 Å². The molecule has 0 bridgehead atoms. The molecule has 132 valence electrons. The molecule has 0 saturated carbocycles. The second kappa shape index (κ2) is 9.72. The molecule has 1 amide bonds. The van der Waals surface area contributed by atoms with Gasteiger partial charge in [0.15, 0.2) is 0 Å². The summed E-state index contributed by atoms with van der Waals surface area (Å²) in [5, 5.41) is 2.66. The van der Waals surface area contributed by atoms with Gasteiger partial charge in [-0.05, 0) is 26.3 Å². The van der Waals surface area contributed by atoms with Gasteiger partial charge in [-0.15, -0.1) is 0 Å². The smallest absolute Gasteiger partial charge is 0.408 e. The summed E-state index contributed by atoms with van der Waals surface area (Å²) in [6, 6.07) is 9.15. The molecule has 0 aliphatic carbocycles. The summed E-state index contributed by atoms with van der Waals surface area (Å²) in [6.45, 7) is 5.92. The normalized spacial score (nSPS) is 12.7. The number of methoxy groups -OCH3 is 1. The largest absolute Gasteiger partial charge is 0.466 e. The average molecular weight is 335 g/mol. The van der Waals surface area contributed by atoms with Crippen LogP contribution in [0.3, 0.4) is 0 Å². The molecule has 1 N–H and O–H groups in total. The molecule has 0 aliphatic heterocycles. The highest BCUT2D eigenvalue weighted by Crippen LogP contribution is 2.07. The van der Waals surface area contributed by atoms with Crippen LogP contribution in [0.25, 0.3) is 0 Å². The van der Waals surface area contributed by atoms with Crippen LogP contribution < -0.4 is 5.32 Å². The summed E-state index contributed by atoms with van der Waals surface area (Å²) in [5.74, 6) is -0.506. The Balaban J connectivity index is 2.58. The number of esters is 1. The third-order valence-corrected chi connectivity index (χ3v) is 2.78. The predicted molar refractivity (Wildman–Crippen MR) is 90.4 cm³/mol. The maximum Gasteiger partial charge on any atom is 0.408 e. The Morgan fingerprint density at radius 1 is 1.21 bits per heavy atom. The fourth-order valence-electron chi connectivity index (χ4n) is 1.75. The van der Waals surface area contributed by atoms with Gasteiger partial charge in [0.05, 0.1) is 26.4 Å². The number of carbonyl (C=O) groups excluding carboxylic acids is 2. The van der Waals surface area contributed by atoms with Gasteiger partial charge in [-0.25, -0.2) is 9.59 Å².